The zero-order valence-corrected chi connectivity index (χ0v) is 14.4. The minimum absolute atomic E-state index is 0.260. The van der Waals surface area contributed by atoms with E-state index in [2.05, 4.69) is 39.8 Å². The largest absolute Gasteiger partial charge is 0.478 e. The van der Waals surface area contributed by atoms with E-state index in [0.29, 0.717) is 0 Å². The molecule has 0 unspecified atom stereocenters. The van der Waals surface area contributed by atoms with Gasteiger partial charge in [-0.15, -0.1) is 0 Å². The van der Waals surface area contributed by atoms with E-state index >= 15 is 0 Å². The summed E-state index contributed by atoms with van der Waals surface area (Å²) < 4.78 is 0. The standard InChI is InChI=1S/C20H28O2/c1-15(8-6-9-16(2)14-19(21)22)11-12-18-17(3)10-7-13-20(18,4)5/h6,8-9,11-12,14H,7,10,13H2,1-5H3,(H,21,22)/b9-6+,12-11?,15-8?,16-14?. The minimum atomic E-state index is -0.912. The van der Waals surface area contributed by atoms with Gasteiger partial charge in [0.1, 0.15) is 0 Å². The van der Waals surface area contributed by atoms with Gasteiger partial charge in [-0.05, 0) is 56.6 Å². The van der Waals surface area contributed by atoms with Crippen molar-refractivity contribution >= 4 is 5.97 Å². The number of carboxylic acid groups (broad SMARTS) is 1. The molecule has 0 bridgehead atoms. The second-order valence-electron chi connectivity index (χ2n) is 6.76. The van der Waals surface area contributed by atoms with Crippen LogP contribution in [0, 0.1) is 5.41 Å². The molecule has 1 N–H and O–H groups in total. The first kappa shape index (κ1) is 18.2. The number of rotatable bonds is 5. The van der Waals surface area contributed by atoms with E-state index in [-0.39, 0.29) is 5.41 Å². The molecular weight excluding hydrogens is 272 g/mol. The molecule has 0 amide bonds. The van der Waals surface area contributed by atoms with Gasteiger partial charge in [0.15, 0.2) is 0 Å². The zero-order valence-electron chi connectivity index (χ0n) is 14.4. The van der Waals surface area contributed by atoms with E-state index in [1.165, 1.54) is 36.5 Å². The lowest BCUT2D eigenvalue weighted by Gasteiger charge is -2.32. The molecule has 0 fully saturated rings. The van der Waals surface area contributed by atoms with Gasteiger partial charge in [-0.3, -0.25) is 0 Å². The lowest BCUT2D eigenvalue weighted by atomic mass is 9.72. The maximum absolute atomic E-state index is 10.5. The number of carboxylic acids is 1. The van der Waals surface area contributed by atoms with Crippen LogP contribution in [0.5, 0.6) is 0 Å². The van der Waals surface area contributed by atoms with Gasteiger partial charge in [-0.1, -0.05) is 55.4 Å². The zero-order chi connectivity index (χ0) is 16.8. The highest BCUT2D eigenvalue weighted by molar-refractivity contribution is 5.81. The van der Waals surface area contributed by atoms with Crippen molar-refractivity contribution in [2.75, 3.05) is 0 Å². The summed E-state index contributed by atoms with van der Waals surface area (Å²) >= 11 is 0. The van der Waals surface area contributed by atoms with Crippen molar-refractivity contribution in [2.24, 2.45) is 5.41 Å². The highest BCUT2D eigenvalue weighted by atomic mass is 16.4. The highest BCUT2D eigenvalue weighted by Gasteiger charge is 2.26. The molecule has 1 rings (SSSR count). The Morgan fingerprint density at radius 1 is 1.18 bits per heavy atom. The van der Waals surface area contributed by atoms with Crippen LogP contribution in [-0.4, -0.2) is 11.1 Å². The summed E-state index contributed by atoms with van der Waals surface area (Å²) in [6.45, 7) is 10.7. The minimum Gasteiger partial charge on any atom is -0.478 e. The van der Waals surface area contributed by atoms with Crippen LogP contribution in [0.3, 0.4) is 0 Å². The van der Waals surface area contributed by atoms with E-state index < -0.39 is 5.97 Å². The van der Waals surface area contributed by atoms with Crippen molar-refractivity contribution in [1.82, 2.24) is 0 Å². The Bertz CT molecular complexity index is 567. The number of allylic oxidation sites excluding steroid dienone is 9. The Labute approximate surface area is 134 Å². The van der Waals surface area contributed by atoms with E-state index in [0.717, 1.165) is 11.1 Å². The third-order valence-corrected chi connectivity index (χ3v) is 4.12. The van der Waals surface area contributed by atoms with Crippen molar-refractivity contribution in [3.63, 3.8) is 0 Å². The van der Waals surface area contributed by atoms with E-state index in [9.17, 15) is 4.79 Å². The molecule has 2 nitrogen and oxygen atoms in total. The number of hydrogen-bond donors (Lipinski definition) is 1. The quantitative estimate of drug-likeness (QED) is 0.530. The average Bonchev–Trinajstić information content (AvgIpc) is 2.36. The van der Waals surface area contributed by atoms with Gasteiger partial charge in [-0.25, -0.2) is 4.79 Å². The van der Waals surface area contributed by atoms with Crippen LogP contribution in [0.2, 0.25) is 0 Å². The Kier molecular flexibility index (Phi) is 6.61. The van der Waals surface area contributed by atoms with Gasteiger partial charge >= 0.3 is 5.97 Å². The molecule has 0 saturated heterocycles. The Balaban J connectivity index is 2.79. The third-order valence-electron chi connectivity index (χ3n) is 4.12. The summed E-state index contributed by atoms with van der Waals surface area (Å²) in [5, 5.41) is 8.65. The van der Waals surface area contributed by atoms with E-state index in [1.807, 2.05) is 12.2 Å². The number of aliphatic carboxylic acids is 1. The first-order chi connectivity index (χ1) is 10.2. The van der Waals surface area contributed by atoms with Crippen molar-refractivity contribution < 1.29 is 9.90 Å². The van der Waals surface area contributed by atoms with Gasteiger partial charge in [0, 0.05) is 6.08 Å². The number of hydrogen-bond acceptors (Lipinski definition) is 1. The Hall–Kier alpha value is -1.83. The summed E-state index contributed by atoms with van der Waals surface area (Å²) in [5.74, 6) is -0.912. The fourth-order valence-corrected chi connectivity index (χ4v) is 2.88. The second kappa shape index (κ2) is 7.98. The molecule has 0 aromatic rings. The van der Waals surface area contributed by atoms with Gasteiger partial charge < -0.3 is 5.11 Å². The maximum Gasteiger partial charge on any atom is 0.328 e. The lowest BCUT2D eigenvalue weighted by Crippen LogP contribution is -2.19. The van der Waals surface area contributed by atoms with Crippen molar-refractivity contribution in [3.8, 4) is 0 Å². The average molecular weight is 300 g/mol. The molecule has 0 aliphatic heterocycles. The molecule has 0 heterocycles. The highest BCUT2D eigenvalue weighted by Crippen LogP contribution is 2.40. The molecule has 22 heavy (non-hydrogen) atoms. The fraction of sp³-hybridized carbons (Fsp3) is 0.450. The third kappa shape index (κ3) is 5.88. The maximum atomic E-state index is 10.5. The summed E-state index contributed by atoms with van der Waals surface area (Å²) in [4.78, 5) is 10.5. The summed E-state index contributed by atoms with van der Waals surface area (Å²) in [5.41, 5.74) is 5.09. The van der Waals surface area contributed by atoms with Crippen molar-refractivity contribution in [1.29, 1.82) is 0 Å². The first-order valence-electron chi connectivity index (χ1n) is 7.87. The molecule has 0 spiro atoms. The van der Waals surface area contributed by atoms with Crippen LogP contribution in [0.4, 0.5) is 0 Å². The van der Waals surface area contributed by atoms with Gasteiger partial charge in [0.25, 0.3) is 0 Å². The molecular formula is C20H28O2. The molecule has 1 aliphatic rings. The summed E-state index contributed by atoms with van der Waals surface area (Å²) in [6, 6.07) is 0. The van der Waals surface area contributed by atoms with Crippen molar-refractivity contribution in [3.05, 3.63) is 58.7 Å². The topological polar surface area (TPSA) is 37.3 Å². The molecule has 1 aliphatic carbocycles. The Morgan fingerprint density at radius 3 is 2.45 bits per heavy atom. The van der Waals surface area contributed by atoms with Gasteiger partial charge in [-0.2, -0.15) is 0 Å². The molecule has 120 valence electrons. The van der Waals surface area contributed by atoms with Crippen LogP contribution in [-0.2, 0) is 4.79 Å². The SMILES string of the molecule is CC(C=CC1=C(C)CCCC1(C)C)=C/C=C/C(C)=CC(=O)O. The Morgan fingerprint density at radius 2 is 1.86 bits per heavy atom. The normalized spacial score (nSPS) is 20.2. The van der Waals surface area contributed by atoms with Gasteiger partial charge in [0.2, 0.25) is 0 Å². The molecule has 0 aromatic heterocycles. The summed E-state index contributed by atoms with van der Waals surface area (Å²) in [6.07, 6.45) is 15.0. The van der Waals surface area contributed by atoms with Crippen LogP contribution >= 0.6 is 0 Å². The predicted octanol–water partition coefficient (Wildman–Crippen LogP) is 5.60. The van der Waals surface area contributed by atoms with E-state index in [4.69, 9.17) is 5.11 Å². The van der Waals surface area contributed by atoms with Crippen LogP contribution in [0.1, 0.15) is 53.9 Å². The van der Waals surface area contributed by atoms with Gasteiger partial charge in [0.05, 0.1) is 0 Å². The summed E-state index contributed by atoms with van der Waals surface area (Å²) in [7, 11) is 0. The van der Waals surface area contributed by atoms with Crippen molar-refractivity contribution in [2.45, 2.75) is 53.9 Å². The lowest BCUT2D eigenvalue weighted by molar-refractivity contribution is -0.131. The molecule has 0 radical (unpaired) electrons. The molecule has 0 aromatic carbocycles. The monoisotopic (exact) mass is 300 g/mol. The number of carbonyl (C=O) groups is 1. The predicted molar refractivity (Wildman–Crippen MR) is 93.8 cm³/mol. The fourth-order valence-electron chi connectivity index (χ4n) is 2.88. The van der Waals surface area contributed by atoms with Crippen LogP contribution in [0.15, 0.2) is 58.7 Å². The second-order valence-corrected chi connectivity index (χ2v) is 6.76. The molecule has 2 heteroatoms. The molecule has 0 atom stereocenters. The first-order valence-corrected chi connectivity index (χ1v) is 7.87. The van der Waals surface area contributed by atoms with Crippen LogP contribution < -0.4 is 0 Å². The smallest absolute Gasteiger partial charge is 0.328 e. The molecule has 0 saturated carbocycles. The van der Waals surface area contributed by atoms with Crippen LogP contribution in [0.25, 0.3) is 0 Å². The van der Waals surface area contributed by atoms with E-state index in [1.54, 1.807) is 13.0 Å².